The number of carbonyl (C=O) groups excluding carboxylic acids is 1. The molecule has 1 N–H and O–H groups in total. The molecule has 0 saturated carbocycles. The van der Waals surface area contributed by atoms with Crippen molar-refractivity contribution in [2.45, 2.75) is 6.92 Å². The van der Waals surface area contributed by atoms with Gasteiger partial charge in [-0.05, 0) is 19.1 Å². The Morgan fingerprint density at radius 3 is 2.72 bits per heavy atom. The first-order chi connectivity index (χ1) is 8.79. The van der Waals surface area contributed by atoms with Gasteiger partial charge in [0.25, 0.3) is 0 Å². The number of aldehydes is 1. The van der Waals surface area contributed by atoms with Crippen molar-refractivity contribution in [2.24, 2.45) is 0 Å². The second-order valence-electron chi connectivity index (χ2n) is 3.94. The molecule has 3 heterocycles. The fourth-order valence-electron chi connectivity index (χ4n) is 1.98. The van der Waals surface area contributed by atoms with Gasteiger partial charge in [0.05, 0.1) is 11.1 Å². The predicted octanol–water partition coefficient (Wildman–Crippen LogP) is 2.14. The summed E-state index contributed by atoms with van der Waals surface area (Å²) in [5, 5.41) is 0.752. The van der Waals surface area contributed by atoms with Crippen LogP contribution in [0.25, 0.3) is 22.3 Å². The molecule has 3 aromatic heterocycles. The van der Waals surface area contributed by atoms with E-state index in [2.05, 4.69) is 19.9 Å². The molecule has 0 aliphatic rings. The third kappa shape index (κ3) is 1.57. The standard InChI is InChI=1S/C13H10N4O/c1-8-16-12(9-2-4-14-5-3-9)11-10(7-18)6-15-13(11)17-8/h2-7H,1H3,(H,15,16,17). The summed E-state index contributed by atoms with van der Waals surface area (Å²) >= 11 is 0. The Bertz CT molecular complexity index is 718. The highest BCUT2D eigenvalue weighted by atomic mass is 16.1. The summed E-state index contributed by atoms with van der Waals surface area (Å²) in [6, 6.07) is 3.73. The number of aryl methyl sites for hydroxylation is 1. The lowest BCUT2D eigenvalue weighted by atomic mass is 10.1. The number of rotatable bonds is 2. The smallest absolute Gasteiger partial charge is 0.152 e. The quantitative estimate of drug-likeness (QED) is 0.694. The van der Waals surface area contributed by atoms with E-state index in [9.17, 15) is 4.79 Å². The van der Waals surface area contributed by atoms with Gasteiger partial charge in [-0.2, -0.15) is 0 Å². The van der Waals surface area contributed by atoms with Crippen LogP contribution in [0.2, 0.25) is 0 Å². The van der Waals surface area contributed by atoms with Crippen LogP contribution in [0.3, 0.4) is 0 Å². The van der Waals surface area contributed by atoms with E-state index in [-0.39, 0.29) is 0 Å². The average Bonchev–Trinajstić information content (AvgIpc) is 2.81. The van der Waals surface area contributed by atoms with Crippen molar-refractivity contribution in [3.63, 3.8) is 0 Å². The summed E-state index contributed by atoms with van der Waals surface area (Å²) < 4.78 is 0. The largest absolute Gasteiger partial charge is 0.345 e. The zero-order valence-corrected chi connectivity index (χ0v) is 9.71. The van der Waals surface area contributed by atoms with Crippen molar-refractivity contribution < 1.29 is 4.79 Å². The molecule has 0 bridgehead atoms. The fraction of sp³-hybridized carbons (Fsp3) is 0.0769. The van der Waals surface area contributed by atoms with Gasteiger partial charge in [-0.1, -0.05) is 0 Å². The molecule has 0 amide bonds. The van der Waals surface area contributed by atoms with E-state index in [1.54, 1.807) is 18.6 Å². The van der Waals surface area contributed by atoms with Crippen molar-refractivity contribution in [2.75, 3.05) is 0 Å². The second-order valence-corrected chi connectivity index (χ2v) is 3.94. The maximum atomic E-state index is 11.1. The number of pyridine rings is 1. The third-order valence-electron chi connectivity index (χ3n) is 2.75. The van der Waals surface area contributed by atoms with Gasteiger partial charge < -0.3 is 4.98 Å². The molecule has 5 heteroatoms. The molecule has 18 heavy (non-hydrogen) atoms. The Hall–Kier alpha value is -2.56. The van der Waals surface area contributed by atoms with E-state index >= 15 is 0 Å². The van der Waals surface area contributed by atoms with E-state index in [1.807, 2.05) is 19.1 Å². The highest BCUT2D eigenvalue weighted by molar-refractivity contribution is 6.03. The van der Waals surface area contributed by atoms with Gasteiger partial charge in [0.1, 0.15) is 11.5 Å². The molecule has 3 rings (SSSR count). The predicted molar refractivity (Wildman–Crippen MR) is 67.2 cm³/mol. The molecule has 0 aliphatic carbocycles. The van der Waals surface area contributed by atoms with Crippen molar-refractivity contribution in [1.82, 2.24) is 19.9 Å². The van der Waals surface area contributed by atoms with Crippen LogP contribution in [0.4, 0.5) is 0 Å². The number of aromatic amines is 1. The molecule has 0 spiro atoms. The van der Waals surface area contributed by atoms with Crippen LogP contribution in [0.1, 0.15) is 16.2 Å². The second kappa shape index (κ2) is 4.03. The van der Waals surface area contributed by atoms with Crippen LogP contribution in [0, 0.1) is 6.92 Å². The molecule has 0 saturated heterocycles. The molecule has 0 unspecified atom stereocenters. The van der Waals surface area contributed by atoms with Crippen LogP contribution in [0.15, 0.2) is 30.7 Å². The Morgan fingerprint density at radius 2 is 2.00 bits per heavy atom. The fourth-order valence-corrected chi connectivity index (χ4v) is 1.98. The first-order valence-electron chi connectivity index (χ1n) is 5.51. The molecule has 0 radical (unpaired) electrons. The summed E-state index contributed by atoms with van der Waals surface area (Å²) in [5.74, 6) is 0.661. The van der Waals surface area contributed by atoms with Crippen molar-refractivity contribution in [3.05, 3.63) is 42.1 Å². The van der Waals surface area contributed by atoms with Crippen LogP contribution in [0.5, 0.6) is 0 Å². The lowest BCUT2D eigenvalue weighted by Crippen LogP contribution is -1.94. The average molecular weight is 238 g/mol. The van der Waals surface area contributed by atoms with Gasteiger partial charge in [0, 0.05) is 29.7 Å². The molecular weight excluding hydrogens is 228 g/mol. The number of nitrogens with one attached hydrogen (secondary N) is 1. The van der Waals surface area contributed by atoms with Crippen LogP contribution >= 0.6 is 0 Å². The first kappa shape index (κ1) is 10.6. The Balaban J connectivity index is 2.40. The van der Waals surface area contributed by atoms with E-state index < -0.39 is 0 Å². The molecule has 0 aliphatic heterocycles. The minimum absolute atomic E-state index is 0.566. The Morgan fingerprint density at radius 1 is 1.22 bits per heavy atom. The zero-order chi connectivity index (χ0) is 12.5. The lowest BCUT2D eigenvalue weighted by Gasteiger charge is -2.04. The number of fused-ring (bicyclic) bond motifs is 1. The highest BCUT2D eigenvalue weighted by Gasteiger charge is 2.13. The monoisotopic (exact) mass is 238 g/mol. The molecule has 3 aromatic rings. The number of aromatic nitrogens is 4. The highest BCUT2D eigenvalue weighted by Crippen LogP contribution is 2.27. The van der Waals surface area contributed by atoms with Crippen LogP contribution < -0.4 is 0 Å². The van der Waals surface area contributed by atoms with Crippen molar-refractivity contribution >= 4 is 17.3 Å². The molecule has 0 aromatic carbocycles. The van der Waals surface area contributed by atoms with Gasteiger partial charge in [-0.15, -0.1) is 0 Å². The van der Waals surface area contributed by atoms with Gasteiger partial charge in [-0.25, -0.2) is 9.97 Å². The SMILES string of the molecule is Cc1nc(-c2ccncc2)c2c(C=O)c[nH]c2n1. The van der Waals surface area contributed by atoms with Gasteiger partial charge in [0.15, 0.2) is 6.29 Å². The van der Waals surface area contributed by atoms with Crippen molar-refractivity contribution in [1.29, 1.82) is 0 Å². The summed E-state index contributed by atoms with van der Waals surface area (Å²) in [7, 11) is 0. The first-order valence-corrected chi connectivity index (χ1v) is 5.51. The minimum Gasteiger partial charge on any atom is -0.345 e. The molecule has 0 atom stereocenters. The summed E-state index contributed by atoms with van der Waals surface area (Å²) in [6.45, 7) is 1.82. The third-order valence-corrected chi connectivity index (χ3v) is 2.75. The minimum atomic E-state index is 0.566. The summed E-state index contributed by atoms with van der Waals surface area (Å²) in [5.41, 5.74) is 2.92. The number of hydrogen-bond donors (Lipinski definition) is 1. The van der Waals surface area contributed by atoms with Crippen molar-refractivity contribution in [3.8, 4) is 11.3 Å². The Kier molecular flexibility index (Phi) is 2.37. The summed E-state index contributed by atoms with van der Waals surface area (Å²) in [6.07, 6.45) is 5.86. The summed E-state index contributed by atoms with van der Waals surface area (Å²) in [4.78, 5) is 26.8. The Labute approximate surface area is 103 Å². The van der Waals surface area contributed by atoms with Gasteiger partial charge >= 0.3 is 0 Å². The number of hydrogen-bond acceptors (Lipinski definition) is 4. The topological polar surface area (TPSA) is 71.5 Å². The van der Waals surface area contributed by atoms with E-state index in [0.29, 0.717) is 17.0 Å². The van der Waals surface area contributed by atoms with E-state index in [0.717, 1.165) is 22.9 Å². The molecular formula is C13H10N4O. The molecule has 88 valence electrons. The van der Waals surface area contributed by atoms with Gasteiger partial charge in [0.2, 0.25) is 0 Å². The molecule has 5 nitrogen and oxygen atoms in total. The maximum absolute atomic E-state index is 11.1. The van der Waals surface area contributed by atoms with E-state index in [1.165, 1.54) is 0 Å². The maximum Gasteiger partial charge on any atom is 0.152 e. The molecule has 0 fully saturated rings. The van der Waals surface area contributed by atoms with Crippen LogP contribution in [-0.4, -0.2) is 26.2 Å². The number of nitrogens with zero attached hydrogens (tertiary/aromatic N) is 3. The van der Waals surface area contributed by atoms with Gasteiger partial charge in [-0.3, -0.25) is 9.78 Å². The zero-order valence-electron chi connectivity index (χ0n) is 9.71. The van der Waals surface area contributed by atoms with E-state index in [4.69, 9.17) is 0 Å². The number of H-pyrrole nitrogens is 1. The lowest BCUT2D eigenvalue weighted by molar-refractivity contribution is 0.112. The van der Waals surface area contributed by atoms with Crippen LogP contribution in [-0.2, 0) is 0 Å². The normalized spacial score (nSPS) is 10.7. The number of carbonyl (C=O) groups is 1.